The molecule has 0 saturated carbocycles. The van der Waals surface area contributed by atoms with E-state index in [0.29, 0.717) is 0 Å². The predicted molar refractivity (Wildman–Crippen MR) is 80.0 cm³/mol. The lowest BCUT2D eigenvalue weighted by Gasteiger charge is -2.20. The van der Waals surface area contributed by atoms with Crippen LogP contribution in [-0.4, -0.2) is 19.1 Å². The Labute approximate surface area is 116 Å². The molecule has 1 N–H and O–H groups in total. The van der Waals surface area contributed by atoms with Crippen LogP contribution in [0, 0.1) is 0 Å². The van der Waals surface area contributed by atoms with Gasteiger partial charge in [-0.05, 0) is 17.7 Å². The number of pyridine rings is 1. The van der Waals surface area contributed by atoms with Crippen LogP contribution in [0.3, 0.4) is 0 Å². The minimum atomic E-state index is 0.844. The number of rotatable bonds is 4. The van der Waals surface area contributed by atoms with Gasteiger partial charge in [-0.2, -0.15) is 0 Å². The molecule has 0 bridgehead atoms. The van der Waals surface area contributed by atoms with E-state index < -0.39 is 0 Å². The Morgan fingerprint density at radius 2 is 2.06 bits per heavy atom. The third kappa shape index (κ3) is 3.01. The molecule has 0 fully saturated rings. The molecule has 0 unspecified atom stereocenters. The van der Waals surface area contributed by atoms with E-state index in [-0.39, 0.29) is 0 Å². The average molecular weight is 306 g/mol. The molecule has 0 atom stereocenters. The summed E-state index contributed by atoms with van der Waals surface area (Å²) in [5, 5.41) is 3.10. The van der Waals surface area contributed by atoms with Gasteiger partial charge in [0.1, 0.15) is 0 Å². The fourth-order valence-corrected chi connectivity index (χ4v) is 2.16. The monoisotopic (exact) mass is 305 g/mol. The lowest BCUT2D eigenvalue weighted by Crippen LogP contribution is -2.17. The first-order valence-corrected chi connectivity index (χ1v) is 6.57. The molecule has 2 rings (SSSR count). The molecule has 1 aromatic heterocycles. The molecule has 0 aliphatic heterocycles. The second-order valence-electron chi connectivity index (χ2n) is 4.13. The third-order valence-electron chi connectivity index (χ3n) is 2.82. The topological polar surface area (TPSA) is 28.2 Å². The molecule has 0 saturated heterocycles. The molecule has 0 aliphatic carbocycles. The van der Waals surface area contributed by atoms with Crippen LogP contribution in [0.15, 0.2) is 47.2 Å². The Kier molecular flexibility index (Phi) is 4.20. The molecule has 18 heavy (non-hydrogen) atoms. The van der Waals surface area contributed by atoms with Gasteiger partial charge in [-0.15, -0.1) is 0 Å². The summed E-state index contributed by atoms with van der Waals surface area (Å²) in [7, 11) is 3.96. The highest BCUT2D eigenvalue weighted by Crippen LogP contribution is 2.22. The van der Waals surface area contributed by atoms with Crippen LogP contribution < -0.4 is 10.2 Å². The summed E-state index contributed by atoms with van der Waals surface area (Å²) < 4.78 is 1.13. The van der Waals surface area contributed by atoms with Crippen LogP contribution in [0.25, 0.3) is 0 Å². The molecule has 0 spiro atoms. The molecule has 1 heterocycles. The van der Waals surface area contributed by atoms with E-state index >= 15 is 0 Å². The normalized spacial score (nSPS) is 10.2. The van der Waals surface area contributed by atoms with Crippen LogP contribution in [-0.2, 0) is 6.54 Å². The van der Waals surface area contributed by atoms with Gasteiger partial charge in [0.25, 0.3) is 0 Å². The number of anilines is 2. The smallest absolute Gasteiger partial charge is 0.0573 e. The van der Waals surface area contributed by atoms with Crippen molar-refractivity contribution in [2.24, 2.45) is 0 Å². The summed E-state index contributed by atoms with van der Waals surface area (Å²) in [6.45, 7) is 0.844. The number of benzene rings is 1. The van der Waals surface area contributed by atoms with Crippen molar-refractivity contribution in [1.29, 1.82) is 0 Å². The second-order valence-corrected chi connectivity index (χ2v) is 4.98. The van der Waals surface area contributed by atoms with Gasteiger partial charge in [0.15, 0.2) is 0 Å². The van der Waals surface area contributed by atoms with Crippen molar-refractivity contribution in [3.8, 4) is 0 Å². The summed E-state index contributed by atoms with van der Waals surface area (Å²) in [6, 6.07) is 10.3. The molecule has 4 heteroatoms. The maximum Gasteiger partial charge on any atom is 0.0573 e. The minimum absolute atomic E-state index is 0.844. The van der Waals surface area contributed by atoms with Crippen molar-refractivity contribution in [1.82, 2.24) is 4.98 Å². The van der Waals surface area contributed by atoms with Gasteiger partial charge in [0, 0.05) is 25.1 Å². The summed E-state index contributed by atoms with van der Waals surface area (Å²) in [5.41, 5.74) is 3.37. The highest BCUT2D eigenvalue weighted by molar-refractivity contribution is 9.10. The predicted octanol–water partition coefficient (Wildman–Crippen LogP) is 3.52. The van der Waals surface area contributed by atoms with E-state index in [1.807, 2.05) is 25.5 Å². The lowest BCUT2D eigenvalue weighted by atomic mass is 10.2. The van der Waals surface area contributed by atoms with Crippen molar-refractivity contribution in [3.63, 3.8) is 0 Å². The molecule has 2 aromatic rings. The number of halogens is 1. The molecule has 94 valence electrons. The Hall–Kier alpha value is -1.55. The van der Waals surface area contributed by atoms with Crippen LogP contribution in [0.4, 0.5) is 11.4 Å². The highest BCUT2D eigenvalue weighted by atomic mass is 79.9. The zero-order chi connectivity index (χ0) is 13.0. The minimum Gasteiger partial charge on any atom is -0.387 e. The van der Waals surface area contributed by atoms with Gasteiger partial charge in [-0.3, -0.25) is 4.98 Å². The Balaban J connectivity index is 2.16. The van der Waals surface area contributed by atoms with E-state index in [2.05, 4.69) is 62.4 Å². The highest BCUT2D eigenvalue weighted by Gasteiger charge is 2.05. The third-order valence-corrected chi connectivity index (χ3v) is 3.59. The average Bonchev–Trinajstić information content (AvgIpc) is 2.41. The molecular formula is C14H16BrN3. The van der Waals surface area contributed by atoms with Gasteiger partial charge in [-0.1, -0.05) is 34.1 Å². The first-order chi connectivity index (χ1) is 8.70. The number of aromatic nitrogens is 1. The number of hydrogen-bond donors (Lipinski definition) is 1. The summed E-state index contributed by atoms with van der Waals surface area (Å²) in [5.74, 6) is 0. The summed E-state index contributed by atoms with van der Waals surface area (Å²) >= 11 is 3.57. The van der Waals surface area contributed by atoms with Crippen molar-refractivity contribution >= 4 is 27.3 Å². The van der Waals surface area contributed by atoms with E-state index in [1.54, 1.807) is 0 Å². The van der Waals surface area contributed by atoms with E-state index in [0.717, 1.165) is 22.4 Å². The molecule has 1 aromatic carbocycles. The quantitative estimate of drug-likeness (QED) is 0.937. The first-order valence-electron chi connectivity index (χ1n) is 5.78. The van der Waals surface area contributed by atoms with Gasteiger partial charge < -0.3 is 10.2 Å². The first kappa shape index (κ1) is 12.9. The molecule has 3 nitrogen and oxygen atoms in total. The van der Waals surface area contributed by atoms with Crippen LogP contribution in [0.2, 0.25) is 0 Å². The van der Waals surface area contributed by atoms with Crippen LogP contribution in [0.1, 0.15) is 5.56 Å². The Morgan fingerprint density at radius 1 is 1.28 bits per heavy atom. The van der Waals surface area contributed by atoms with Crippen molar-refractivity contribution < 1.29 is 0 Å². The van der Waals surface area contributed by atoms with Gasteiger partial charge in [-0.25, -0.2) is 0 Å². The Bertz CT molecular complexity index is 528. The van der Waals surface area contributed by atoms with Gasteiger partial charge in [0.2, 0.25) is 0 Å². The van der Waals surface area contributed by atoms with Crippen LogP contribution >= 0.6 is 15.9 Å². The van der Waals surface area contributed by atoms with Gasteiger partial charge in [0.05, 0.1) is 23.8 Å². The molecular weight excluding hydrogens is 290 g/mol. The fraction of sp³-hybridized carbons (Fsp3) is 0.214. The van der Waals surface area contributed by atoms with E-state index in [4.69, 9.17) is 0 Å². The van der Waals surface area contributed by atoms with E-state index in [9.17, 15) is 0 Å². The number of nitrogens with one attached hydrogen (secondary N) is 1. The number of hydrogen-bond acceptors (Lipinski definition) is 3. The standard InChI is InChI=1S/C14H16BrN3/c1-16-12-7-13(9-17-8-12)18(2)10-11-5-3-4-6-14(11)15/h3-9,16H,10H2,1-2H3. The fourth-order valence-electron chi connectivity index (χ4n) is 1.75. The number of nitrogens with zero attached hydrogens (tertiary/aromatic N) is 2. The van der Waals surface area contributed by atoms with Crippen LogP contribution in [0.5, 0.6) is 0 Å². The lowest BCUT2D eigenvalue weighted by molar-refractivity contribution is 0.914. The maximum absolute atomic E-state index is 4.22. The zero-order valence-corrected chi connectivity index (χ0v) is 12.1. The molecule has 0 radical (unpaired) electrons. The molecule has 0 amide bonds. The Morgan fingerprint density at radius 3 is 2.78 bits per heavy atom. The van der Waals surface area contributed by atoms with Crippen molar-refractivity contribution in [2.45, 2.75) is 6.54 Å². The van der Waals surface area contributed by atoms with Gasteiger partial charge >= 0.3 is 0 Å². The summed E-state index contributed by atoms with van der Waals surface area (Å²) in [4.78, 5) is 6.40. The van der Waals surface area contributed by atoms with Crippen molar-refractivity contribution in [2.75, 3.05) is 24.3 Å². The largest absolute Gasteiger partial charge is 0.387 e. The van der Waals surface area contributed by atoms with Crippen molar-refractivity contribution in [3.05, 3.63) is 52.8 Å². The SMILES string of the molecule is CNc1cncc(N(C)Cc2ccccc2Br)c1. The van der Waals surface area contributed by atoms with E-state index in [1.165, 1.54) is 5.56 Å². The second kappa shape index (κ2) is 5.87. The maximum atomic E-state index is 4.22. The molecule has 0 aliphatic rings. The zero-order valence-electron chi connectivity index (χ0n) is 10.5. The summed E-state index contributed by atoms with van der Waals surface area (Å²) in [6.07, 6.45) is 3.69.